The number of nitrogens with zero attached hydrogens (tertiary/aromatic N) is 1. The van der Waals surface area contributed by atoms with Crippen molar-refractivity contribution in [3.8, 4) is 11.3 Å². The van der Waals surface area contributed by atoms with Gasteiger partial charge in [-0.1, -0.05) is 79.1 Å². The number of aryl methyl sites for hydroxylation is 2. The van der Waals surface area contributed by atoms with Crippen molar-refractivity contribution in [3.05, 3.63) is 72.4 Å². The fraction of sp³-hybridized carbons (Fsp3) is 0.179. The lowest BCUT2D eigenvalue weighted by Gasteiger charge is -2.24. The summed E-state index contributed by atoms with van der Waals surface area (Å²) in [4.78, 5) is 2.75. The second-order valence-electron chi connectivity index (χ2n) is 9.79. The van der Waals surface area contributed by atoms with E-state index in [4.69, 9.17) is 0 Å². The second kappa shape index (κ2) is 6.44. The third kappa shape index (κ3) is 2.66. The normalized spacial score (nSPS) is 13.2. The van der Waals surface area contributed by atoms with Crippen LogP contribution in [0.2, 0.25) is 19.6 Å². The number of fused-ring (bicyclic) bond motifs is 5. The first kappa shape index (κ1) is 19.1. The third-order valence-corrected chi connectivity index (χ3v) is 9.88. The fourth-order valence-electron chi connectivity index (χ4n) is 5.31. The number of rotatable bonds is 1. The molecule has 0 saturated heterocycles. The molecule has 152 valence electrons. The Hall–Kier alpha value is -2.62. The number of aromatic nitrogens is 1. The van der Waals surface area contributed by atoms with Crippen LogP contribution in [-0.2, 0) is 7.05 Å². The van der Waals surface area contributed by atoms with Crippen molar-refractivity contribution in [2.24, 2.45) is 7.05 Å². The second-order valence-corrected chi connectivity index (χ2v) is 15.9. The van der Waals surface area contributed by atoms with Crippen LogP contribution in [-0.4, -0.2) is 8.07 Å². The van der Waals surface area contributed by atoms with Crippen molar-refractivity contribution in [2.75, 3.05) is 0 Å². The number of hydrogen-bond acceptors (Lipinski definition) is 1. The van der Waals surface area contributed by atoms with Crippen LogP contribution in [0.3, 0.4) is 0 Å². The first-order valence-corrected chi connectivity index (χ1v) is 15.3. The topological polar surface area (TPSA) is 3.88 Å². The zero-order valence-corrected chi connectivity index (χ0v) is 20.5. The van der Waals surface area contributed by atoms with Gasteiger partial charge >= 0.3 is 0 Å². The molecule has 0 amide bonds. The Morgan fingerprint density at radius 2 is 1.52 bits per heavy atom. The van der Waals surface area contributed by atoms with Crippen molar-refractivity contribution in [2.45, 2.75) is 36.4 Å². The number of benzene rings is 4. The molecule has 4 aromatic carbocycles. The van der Waals surface area contributed by atoms with Gasteiger partial charge in [0.25, 0.3) is 0 Å². The summed E-state index contributed by atoms with van der Waals surface area (Å²) in [5, 5.41) is 9.89. The average Bonchev–Trinajstić information content (AvgIpc) is 2.74. The van der Waals surface area contributed by atoms with E-state index in [-0.39, 0.29) is 0 Å². The summed E-state index contributed by atoms with van der Waals surface area (Å²) < 4.78 is 2.33. The van der Waals surface area contributed by atoms with Crippen LogP contribution in [0.15, 0.2) is 76.7 Å². The van der Waals surface area contributed by atoms with E-state index in [2.05, 4.69) is 105 Å². The minimum Gasteiger partial charge on any atom is -0.200 e. The van der Waals surface area contributed by atoms with Gasteiger partial charge in [-0.05, 0) is 46.2 Å². The molecule has 2 heterocycles. The molecule has 0 unspecified atom stereocenters. The van der Waals surface area contributed by atoms with Gasteiger partial charge < -0.3 is 0 Å². The van der Waals surface area contributed by atoms with Crippen LogP contribution in [0.25, 0.3) is 43.6 Å². The first-order valence-electron chi connectivity index (χ1n) is 10.9. The van der Waals surface area contributed by atoms with Crippen molar-refractivity contribution in [3.63, 3.8) is 0 Å². The molecule has 0 bridgehead atoms. The first-order chi connectivity index (χ1) is 14.8. The lowest BCUT2D eigenvalue weighted by atomic mass is 9.93. The molecule has 5 aromatic rings. The Labute approximate surface area is 188 Å². The number of hydrogen-bond donors (Lipinski definition) is 0. The van der Waals surface area contributed by atoms with Crippen molar-refractivity contribution in [1.29, 1.82) is 0 Å². The lowest BCUT2D eigenvalue weighted by Crippen LogP contribution is -2.38. The molecule has 31 heavy (non-hydrogen) atoms. The van der Waals surface area contributed by atoms with Crippen LogP contribution < -0.4 is 9.75 Å². The quantitative estimate of drug-likeness (QED) is 0.153. The van der Waals surface area contributed by atoms with Gasteiger partial charge in [-0.2, -0.15) is 0 Å². The Kier molecular flexibility index (Phi) is 3.97. The van der Waals surface area contributed by atoms with Crippen LogP contribution in [0.1, 0.15) is 5.56 Å². The smallest absolute Gasteiger partial charge is 0.200 e. The molecule has 6 rings (SSSR count). The van der Waals surface area contributed by atoms with E-state index in [0.29, 0.717) is 0 Å². The predicted octanol–water partition coefficient (Wildman–Crippen LogP) is 6.96. The molecule has 0 fully saturated rings. The molecule has 0 spiro atoms. The highest BCUT2D eigenvalue weighted by molar-refractivity contribution is 7.99. The molecule has 0 aliphatic carbocycles. The van der Waals surface area contributed by atoms with Gasteiger partial charge in [0.1, 0.15) is 7.05 Å². The molecule has 0 radical (unpaired) electrons. The molecule has 0 N–H and O–H groups in total. The Bertz CT molecular complexity index is 1560. The van der Waals surface area contributed by atoms with E-state index in [9.17, 15) is 0 Å². The summed E-state index contributed by atoms with van der Waals surface area (Å²) in [5.41, 5.74) is 4.14. The van der Waals surface area contributed by atoms with Gasteiger partial charge in [-0.25, -0.2) is 4.57 Å². The minimum atomic E-state index is -1.49. The monoisotopic (exact) mass is 436 g/mol. The van der Waals surface area contributed by atoms with Gasteiger partial charge in [0.2, 0.25) is 5.69 Å². The van der Waals surface area contributed by atoms with Crippen molar-refractivity contribution in [1.82, 2.24) is 0 Å². The van der Waals surface area contributed by atoms with Gasteiger partial charge in [0.05, 0.1) is 19.0 Å². The molecular formula is C28H26NSSi+. The van der Waals surface area contributed by atoms with Gasteiger partial charge in [-0.15, -0.1) is 0 Å². The van der Waals surface area contributed by atoms with E-state index in [0.717, 1.165) is 0 Å². The molecule has 1 aliphatic rings. The van der Waals surface area contributed by atoms with Gasteiger partial charge in [0.15, 0.2) is 6.20 Å². The summed E-state index contributed by atoms with van der Waals surface area (Å²) in [6.45, 7) is 9.66. The average molecular weight is 437 g/mol. The summed E-state index contributed by atoms with van der Waals surface area (Å²) in [6.07, 6.45) is 2.26. The third-order valence-electron chi connectivity index (χ3n) is 6.76. The fourth-order valence-corrected chi connectivity index (χ4v) is 8.20. The molecule has 1 aliphatic heterocycles. The molecule has 1 nitrogen and oxygen atoms in total. The van der Waals surface area contributed by atoms with Crippen LogP contribution in [0, 0.1) is 6.92 Å². The zero-order chi connectivity index (χ0) is 21.5. The maximum atomic E-state index is 2.46. The minimum absolute atomic E-state index is 1.33. The standard InChI is InChI=1S/C28H26NSSi/c1-17-20-11-7-6-9-18(20)15-22-25(17)28-27-21(13-14-29(28)2)26-19(16-23(27)30-22)10-8-12-24(26)31(3,4)5/h6-16H,1-5H3/q+1. The maximum Gasteiger partial charge on any atom is 0.222 e. The van der Waals surface area contributed by atoms with E-state index in [1.807, 2.05) is 11.8 Å². The largest absolute Gasteiger partial charge is 0.222 e. The van der Waals surface area contributed by atoms with E-state index in [1.165, 1.54) is 58.9 Å². The van der Waals surface area contributed by atoms with Gasteiger partial charge in [-0.3, -0.25) is 0 Å². The summed E-state index contributed by atoms with van der Waals surface area (Å²) >= 11 is 1.94. The summed E-state index contributed by atoms with van der Waals surface area (Å²) in [6, 6.07) is 22.9. The Morgan fingerprint density at radius 3 is 2.32 bits per heavy atom. The highest BCUT2D eigenvalue weighted by atomic mass is 32.2. The predicted molar refractivity (Wildman–Crippen MR) is 137 cm³/mol. The molecule has 0 atom stereocenters. The van der Waals surface area contributed by atoms with Crippen LogP contribution in [0.5, 0.6) is 0 Å². The molecule has 0 saturated carbocycles. The SMILES string of the molecule is Cc1c2c(cc3ccccc13)Sc1cc3cccc([Si](C)(C)C)c3c3cc[n+](C)c-2c13. The van der Waals surface area contributed by atoms with E-state index < -0.39 is 8.07 Å². The summed E-state index contributed by atoms with van der Waals surface area (Å²) in [5.74, 6) is 0. The summed E-state index contributed by atoms with van der Waals surface area (Å²) in [7, 11) is 0.708. The van der Waals surface area contributed by atoms with Crippen LogP contribution >= 0.6 is 11.8 Å². The highest BCUT2D eigenvalue weighted by Gasteiger charge is 2.31. The van der Waals surface area contributed by atoms with E-state index in [1.54, 1.807) is 5.19 Å². The molecule has 3 heteroatoms. The highest BCUT2D eigenvalue weighted by Crippen LogP contribution is 2.50. The van der Waals surface area contributed by atoms with Crippen molar-refractivity contribution >= 4 is 57.3 Å². The Morgan fingerprint density at radius 1 is 0.774 bits per heavy atom. The van der Waals surface area contributed by atoms with E-state index >= 15 is 0 Å². The van der Waals surface area contributed by atoms with Crippen molar-refractivity contribution < 1.29 is 4.57 Å². The van der Waals surface area contributed by atoms with Crippen LogP contribution in [0.4, 0.5) is 0 Å². The molecular weight excluding hydrogens is 410 g/mol. The maximum absolute atomic E-state index is 2.46. The Balaban J connectivity index is 1.83. The van der Waals surface area contributed by atoms with Gasteiger partial charge in [0, 0.05) is 21.2 Å². The molecule has 1 aromatic heterocycles. The number of pyridine rings is 1. The lowest BCUT2D eigenvalue weighted by molar-refractivity contribution is -0.659. The zero-order valence-electron chi connectivity index (χ0n) is 18.7.